The molecule has 0 aliphatic carbocycles. The molecular formula is C16H27N3O. The van der Waals surface area contributed by atoms with Crippen LogP contribution in [0.25, 0.3) is 0 Å². The average molecular weight is 277 g/mol. The van der Waals surface area contributed by atoms with Crippen molar-refractivity contribution in [2.24, 2.45) is 0 Å². The fraction of sp³-hybridized carbons (Fsp3) is 0.562. The summed E-state index contributed by atoms with van der Waals surface area (Å²) in [6.45, 7) is 10.8. The second kappa shape index (κ2) is 8.59. The fourth-order valence-corrected chi connectivity index (χ4v) is 1.96. The molecule has 1 amide bonds. The van der Waals surface area contributed by atoms with Crippen molar-refractivity contribution < 1.29 is 4.79 Å². The maximum Gasteiger partial charge on any atom is 0.238 e. The molecule has 0 aliphatic heterocycles. The van der Waals surface area contributed by atoms with Gasteiger partial charge in [-0.2, -0.15) is 0 Å². The Balaban J connectivity index is 2.50. The van der Waals surface area contributed by atoms with Crippen molar-refractivity contribution in [3.63, 3.8) is 0 Å². The van der Waals surface area contributed by atoms with Crippen LogP contribution in [0.15, 0.2) is 24.3 Å². The molecule has 1 rings (SSSR count). The third kappa shape index (κ3) is 5.21. The van der Waals surface area contributed by atoms with Crippen LogP contribution in [-0.2, 0) is 4.79 Å². The van der Waals surface area contributed by atoms with Crippen molar-refractivity contribution >= 4 is 17.3 Å². The first kappa shape index (κ1) is 16.5. The minimum absolute atomic E-state index is 0.000823. The van der Waals surface area contributed by atoms with E-state index in [4.69, 9.17) is 0 Å². The van der Waals surface area contributed by atoms with Crippen LogP contribution >= 0.6 is 0 Å². The van der Waals surface area contributed by atoms with Crippen molar-refractivity contribution in [1.29, 1.82) is 0 Å². The molecule has 0 fully saturated rings. The second-order valence-electron chi connectivity index (χ2n) is 4.96. The predicted octanol–water partition coefficient (Wildman–Crippen LogP) is 2.86. The van der Waals surface area contributed by atoms with Gasteiger partial charge in [-0.3, -0.25) is 4.79 Å². The molecule has 4 nitrogen and oxygen atoms in total. The Morgan fingerprint density at radius 1 is 1.15 bits per heavy atom. The summed E-state index contributed by atoms with van der Waals surface area (Å²) in [6.07, 6.45) is 1.02. The van der Waals surface area contributed by atoms with Crippen LogP contribution in [-0.4, -0.2) is 31.6 Å². The summed E-state index contributed by atoms with van der Waals surface area (Å²) in [5.74, 6) is 0.000823. The Kier molecular flexibility index (Phi) is 7.09. The van der Waals surface area contributed by atoms with Gasteiger partial charge in [0.2, 0.25) is 5.91 Å². The van der Waals surface area contributed by atoms with Crippen LogP contribution in [0, 0.1) is 0 Å². The standard InChI is InChI=1S/C16H27N3O/c1-5-13(4)17-12-16(20)18-14-8-10-15(11-9-14)19(6-2)7-3/h8-11,13,17H,5-7,12H2,1-4H3,(H,18,20). The molecule has 0 bridgehead atoms. The Hall–Kier alpha value is -1.55. The van der Waals surface area contributed by atoms with Gasteiger partial charge in [-0.05, 0) is 51.5 Å². The third-order valence-electron chi connectivity index (χ3n) is 3.50. The van der Waals surface area contributed by atoms with E-state index in [0.717, 1.165) is 25.2 Å². The van der Waals surface area contributed by atoms with E-state index in [9.17, 15) is 4.79 Å². The molecule has 20 heavy (non-hydrogen) atoms. The zero-order valence-electron chi connectivity index (χ0n) is 13.1. The monoisotopic (exact) mass is 277 g/mol. The van der Waals surface area contributed by atoms with Gasteiger partial charge in [-0.15, -0.1) is 0 Å². The molecule has 2 N–H and O–H groups in total. The number of rotatable bonds is 8. The molecule has 0 radical (unpaired) electrons. The Morgan fingerprint density at radius 2 is 1.75 bits per heavy atom. The van der Waals surface area contributed by atoms with Gasteiger partial charge in [0.1, 0.15) is 0 Å². The first-order valence-corrected chi connectivity index (χ1v) is 7.48. The Bertz CT molecular complexity index is 399. The van der Waals surface area contributed by atoms with Gasteiger partial charge in [0.05, 0.1) is 6.54 Å². The normalized spacial score (nSPS) is 12.0. The smallest absolute Gasteiger partial charge is 0.238 e. The maximum atomic E-state index is 11.8. The molecule has 1 atom stereocenters. The molecule has 0 aromatic heterocycles. The van der Waals surface area contributed by atoms with Crippen molar-refractivity contribution in [3.8, 4) is 0 Å². The lowest BCUT2D eigenvalue weighted by Gasteiger charge is -2.21. The van der Waals surface area contributed by atoms with Crippen LogP contribution in [0.4, 0.5) is 11.4 Å². The number of hydrogen-bond acceptors (Lipinski definition) is 3. The quantitative estimate of drug-likeness (QED) is 0.768. The highest BCUT2D eigenvalue weighted by molar-refractivity contribution is 5.92. The number of amides is 1. The van der Waals surface area contributed by atoms with Gasteiger partial charge < -0.3 is 15.5 Å². The van der Waals surface area contributed by atoms with Gasteiger partial charge in [0, 0.05) is 30.5 Å². The van der Waals surface area contributed by atoms with Gasteiger partial charge in [-0.1, -0.05) is 6.92 Å². The lowest BCUT2D eigenvalue weighted by Crippen LogP contribution is -2.33. The topological polar surface area (TPSA) is 44.4 Å². The lowest BCUT2D eigenvalue weighted by atomic mass is 10.2. The second-order valence-corrected chi connectivity index (χ2v) is 4.96. The zero-order chi connectivity index (χ0) is 15.0. The minimum atomic E-state index is 0.000823. The summed E-state index contributed by atoms with van der Waals surface area (Å²) in [4.78, 5) is 14.1. The molecule has 1 aromatic rings. The molecule has 0 saturated heterocycles. The number of hydrogen-bond donors (Lipinski definition) is 2. The fourth-order valence-electron chi connectivity index (χ4n) is 1.96. The van der Waals surface area contributed by atoms with E-state index in [1.165, 1.54) is 5.69 Å². The van der Waals surface area contributed by atoms with Crippen LogP contribution in [0.1, 0.15) is 34.1 Å². The molecule has 0 spiro atoms. The van der Waals surface area contributed by atoms with E-state index >= 15 is 0 Å². The first-order chi connectivity index (χ1) is 9.60. The Morgan fingerprint density at radius 3 is 2.25 bits per heavy atom. The van der Waals surface area contributed by atoms with Gasteiger partial charge in [-0.25, -0.2) is 0 Å². The van der Waals surface area contributed by atoms with Crippen LogP contribution < -0.4 is 15.5 Å². The van der Waals surface area contributed by atoms with Crippen molar-refractivity contribution in [3.05, 3.63) is 24.3 Å². The molecule has 0 heterocycles. The zero-order valence-corrected chi connectivity index (χ0v) is 13.1. The van der Waals surface area contributed by atoms with Crippen LogP contribution in [0.2, 0.25) is 0 Å². The van der Waals surface area contributed by atoms with E-state index < -0.39 is 0 Å². The number of nitrogens with zero attached hydrogens (tertiary/aromatic N) is 1. The van der Waals surface area contributed by atoms with Gasteiger partial charge in [0.15, 0.2) is 0 Å². The summed E-state index contributed by atoms with van der Waals surface area (Å²) in [5, 5.41) is 6.08. The van der Waals surface area contributed by atoms with Crippen molar-refractivity contribution in [2.75, 3.05) is 29.9 Å². The largest absolute Gasteiger partial charge is 0.372 e. The number of nitrogens with one attached hydrogen (secondary N) is 2. The molecule has 4 heteroatoms. The summed E-state index contributed by atoms with van der Waals surface area (Å²) in [7, 11) is 0. The molecule has 112 valence electrons. The van der Waals surface area contributed by atoms with E-state index in [1.807, 2.05) is 24.3 Å². The Labute approximate surface area is 122 Å². The number of anilines is 2. The first-order valence-electron chi connectivity index (χ1n) is 7.48. The van der Waals surface area contributed by atoms with E-state index in [0.29, 0.717) is 12.6 Å². The van der Waals surface area contributed by atoms with Crippen LogP contribution in [0.3, 0.4) is 0 Å². The minimum Gasteiger partial charge on any atom is -0.372 e. The highest BCUT2D eigenvalue weighted by Gasteiger charge is 2.05. The number of carbonyl (C=O) groups is 1. The summed E-state index contributed by atoms with van der Waals surface area (Å²) >= 11 is 0. The summed E-state index contributed by atoms with van der Waals surface area (Å²) < 4.78 is 0. The van der Waals surface area contributed by atoms with Crippen molar-refractivity contribution in [1.82, 2.24) is 5.32 Å². The van der Waals surface area contributed by atoms with Gasteiger partial charge >= 0.3 is 0 Å². The van der Waals surface area contributed by atoms with E-state index in [-0.39, 0.29) is 5.91 Å². The van der Waals surface area contributed by atoms with E-state index in [1.54, 1.807) is 0 Å². The number of carbonyl (C=O) groups excluding carboxylic acids is 1. The molecule has 0 saturated carbocycles. The van der Waals surface area contributed by atoms with Gasteiger partial charge in [0.25, 0.3) is 0 Å². The maximum absolute atomic E-state index is 11.8. The van der Waals surface area contributed by atoms with E-state index in [2.05, 4.69) is 43.2 Å². The molecule has 1 unspecified atom stereocenters. The summed E-state index contributed by atoms with van der Waals surface area (Å²) in [6, 6.07) is 8.37. The molecule has 0 aliphatic rings. The SMILES string of the molecule is CCC(C)NCC(=O)Nc1ccc(N(CC)CC)cc1. The van der Waals surface area contributed by atoms with Crippen LogP contribution in [0.5, 0.6) is 0 Å². The average Bonchev–Trinajstić information content (AvgIpc) is 2.47. The highest BCUT2D eigenvalue weighted by atomic mass is 16.1. The van der Waals surface area contributed by atoms with Crippen molar-refractivity contribution in [2.45, 2.75) is 40.2 Å². The lowest BCUT2D eigenvalue weighted by molar-refractivity contribution is -0.115. The molecular weight excluding hydrogens is 250 g/mol. The number of benzene rings is 1. The third-order valence-corrected chi connectivity index (χ3v) is 3.50. The molecule has 1 aromatic carbocycles. The highest BCUT2D eigenvalue weighted by Crippen LogP contribution is 2.17. The summed E-state index contributed by atoms with van der Waals surface area (Å²) in [5.41, 5.74) is 2.03. The predicted molar refractivity (Wildman–Crippen MR) is 86.4 cm³/mol.